The lowest BCUT2D eigenvalue weighted by Gasteiger charge is -2.27. The number of carbonyl (C=O) groups excluding carboxylic acids is 2. The van der Waals surface area contributed by atoms with E-state index in [2.05, 4.69) is 19.2 Å². The number of benzene rings is 2. The molecule has 0 aliphatic rings. The Morgan fingerprint density at radius 3 is 2.21 bits per heavy atom. The van der Waals surface area contributed by atoms with Gasteiger partial charge in [-0.15, -0.1) is 0 Å². The Morgan fingerprint density at radius 1 is 0.912 bits per heavy atom. The third-order valence-electron chi connectivity index (χ3n) is 5.65. The van der Waals surface area contributed by atoms with Gasteiger partial charge in [-0.2, -0.15) is 0 Å². The summed E-state index contributed by atoms with van der Waals surface area (Å²) in [6.07, 6.45) is 0.753. The molecule has 0 radical (unpaired) electrons. The van der Waals surface area contributed by atoms with Crippen LogP contribution in [0.1, 0.15) is 55.8 Å². The summed E-state index contributed by atoms with van der Waals surface area (Å²) in [5.41, 5.74) is 2.95. The van der Waals surface area contributed by atoms with Gasteiger partial charge in [-0.25, -0.2) is 4.79 Å². The Labute approximate surface area is 202 Å². The maximum absolute atomic E-state index is 13.4. The molecule has 0 aliphatic heterocycles. The van der Waals surface area contributed by atoms with Crippen molar-refractivity contribution < 1.29 is 14.0 Å². The molecule has 6 heteroatoms. The van der Waals surface area contributed by atoms with E-state index in [9.17, 15) is 9.59 Å². The molecule has 180 valence electrons. The fourth-order valence-electron chi connectivity index (χ4n) is 3.73. The standard InChI is InChI=1S/C28H35N3O3/c1-5-17-30(28(33)29-25-14-12-24(13-15-25)21(2)3)20-27(32)31(18-23-9-7-6-8-10-23)19-26-16-11-22(4)34-26/h6-16,21H,5,17-20H2,1-4H3,(H,29,33). The predicted molar refractivity (Wildman–Crippen MR) is 136 cm³/mol. The fraction of sp³-hybridized carbons (Fsp3) is 0.357. The van der Waals surface area contributed by atoms with Crippen molar-refractivity contribution in [2.75, 3.05) is 18.4 Å². The van der Waals surface area contributed by atoms with E-state index in [1.807, 2.05) is 80.6 Å². The highest BCUT2D eigenvalue weighted by Crippen LogP contribution is 2.18. The van der Waals surface area contributed by atoms with Crippen LogP contribution in [0.25, 0.3) is 0 Å². The molecular weight excluding hydrogens is 426 g/mol. The molecule has 1 aromatic heterocycles. The van der Waals surface area contributed by atoms with E-state index in [0.29, 0.717) is 25.6 Å². The maximum Gasteiger partial charge on any atom is 0.322 e. The second-order valence-electron chi connectivity index (χ2n) is 8.88. The van der Waals surface area contributed by atoms with Gasteiger partial charge in [0, 0.05) is 18.8 Å². The Bertz CT molecular complexity index is 1060. The summed E-state index contributed by atoms with van der Waals surface area (Å²) in [5, 5.41) is 2.94. The van der Waals surface area contributed by atoms with Gasteiger partial charge in [0.1, 0.15) is 18.1 Å². The van der Waals surface area contributed by atoms with Gasteiger partial charge in [-0.1, -0.05) is 63.2 Å². The van der Waals surface area contributed by atoms with E-state index in [0.717, 1.165) is 29.2 Å². The second kappa shape index (κ2) is 12.1. The second-order valence-corrected chi connectivity index (χ2v) is 8.88. The molecule has 6 nitrogen and oxygen atoms in total. The molecule has 0 bridgehead atoms. The van der Waals surface area contributed by atoms with Crippen LogP contribution in [0.2, 0.25) is 0 Å². The van der Waals surface area contributed by atoms with Gasteiger partial charge in [-0.3, -0.25) is 4.79 Å². The first-order valence-corrected chi connectivity index (χ1v) is 11.9. The molecule has 0 fully saturated rings. The van der Waals surface area contributed by atoms with E-state index < -0.39 is 0 Å². The van der Waals surface area contributed by atoms with E-state index in [1.54, 1.807) is 9.80 Å². The zero-order valence-corrected chi connectivity index (χ0v) is 20.6. The Kier molecular flexibility index (Phi) is 8.91. The lowest BCUT2D eigenvalue weighted by atomic mass is 10.0. The summed E-state index contributed by atoms with van der Waals surface area (Å²) in [6, 6.07) is 21.2. The zero-order valence-electron chi connectivity index (χ0n) is 20.6. The summed E-state index contributed by atoms with van der Waals surface area (Å²) in [5.74, 6) is 1.82. The number of furan rings is 1. The van der Waals surface area contributed by atoms with Crippen molar-refractivity contribution >= 4 is 17.6 Å². The van der Waals surface area contributed by atoms with Crippen molar-refractivity contribution in [1.82, 2.24) is 9.80 Å². The van der Waals surface area contributed by atoms with Crippen LogP contribution in [0, 0.1) is 6.92 Å². The van der Waals surface area contributed by atoms with E-state index >= 15 is 0 Å². The monoisotopic (exact) mass is 461 g/mol. The zero-order chi connectivity index (χ0) is 24.5. The molecule has 3 aromatic rings. The third-order valence-corrected chi connectivity index (χ3v) is 5.65. The van der Waals surface area contributed by atoms with Gasteiger partial charge in [0.2, 0.25) is 5.91 Å². The molecule has 3 amide bonds. The molecule has 1 heterocycles. The first-order chi connectivity index (χ1) is 16.4. The minimum atomic E-state index is -0.277. The van der Waals surface area contributed by atoms with Crippen molar-refractivity contribution in [3.8, 4) is 0 Å². The van der Waals surface area contributed by atoms with E-state index in [1.165, 1.54) is 5.56 Å². The molecule has 0 unspecified atom stereocenters. The van der Waals surface area contributed by atoms with Crippen LogP contribution in [-0.4, -0.2) is 34.8 Å². The van der Waals surface area contributed by atoms with Gasteiger partial charge in [-0.05, 0) is 54.7 Å². The quantitative estimate of drug-likeness (QED) is 0.392. The van der Waals surface area contributed by atoms with Crippen molar-refractivity contribution in [3.63, 3.8) is 0 Å². The summed E-state index contributed by atoms with van der Waals surface area (Å²) >= 11 is 0. The average Bonchev–Trinajstić information content (AvgIpc) is 3.23. The molecule has 3 rings (SSSR count). The van der Waals surface area contributed by atoms with Crippen LogP contribution >= 0.6 is 0 Å². The van der Waals surface area contributed by atoms with Crippen molar-refractivity contribution in [2.24, 2.45) is 0 Å². The molecule has 1 N–H and O–H groups in total. The highest BCUT2D eigenvalue weighted by Gasteiger charge is 2.22. The topological polar surface area (TPSA) is 65.8 Å². The fourth-order valence-corrected chi connectivity index (χ4v) is 3.73. The van der Waals surface area contributed by atoms with Gasteiger partial charge in [0.15, 0.2) is 0 Å². The number of carbonyl (C=O) groups is 2. The van der Waals surface area contributed by atoms with Crippen LogP contribution in [0.15, 0.2) is 71.1 Å². The van der Waals surface area contributed by atoms with Gasteiger partial charge >= 0.3 is 6.03 Å². The first kappa shape index (κ1) is 25.1. The number of rotatable bonds is 10. The molecule has 0 saturated carbocycles. The van der Waals surface area contributed by atoms with Gasteiger partial charge < -0.3 is 19.5 Å². The minimum absolute atomic E-state index is 0.00370. The molecule has 0 spiro atoms. The normalized spacial score (nSPS) is 10.9. The number of aryl methyl sites for hydroxylation is 1. The predicted octanol–water partition coefficient (Wildman–Crippen LogP) is 6.18. The molecule has 0 saturated heterocycles. The summed E-state index contributed by atoms with van der Waals surface area (Å²) in [6.45, 7) is 9.42. The minimum Gasteiger partial charge on any atom is -0.464 e. The smallest absolute Gasteiger partial charge is 0.322 e. The third kappa shape index (κ3) is 7.24. The maximum atomic E-state index is 13.4. The lowest BCUT2D eigenvalue weighted by Crippen LogP contribution is -2.44. The van der Waals surface area contributed by atoms with Gasteiger partial charge in [0.05, 0.1) is 6.54 Å². The average molecular weight is 462 g/mol. The van der Waals surface area contributed by atoms with Crippen LogP contribution in [0.4, 0.5) is 10.5 Å². The Hall–Kier alpha value is -3.54. The van der Waals surface area contributed by atoms with Crippen molar-refractivity contribution in [2.45, 2.75) is 53.1 Å². The molecular formula is C28H35N3O3. The number of nitrogens with zero attached hydrogens (tertiary/aromatic N) is 2. The summed E-state index contributed by atoms with van der Waals surface area (Å²) in [7, 11) is 0. The van der Waals surface area contributed by atoms with Crippen molar-refractivity contribution in [3.05, 3.63) is 89.4 Å². The number of nitrogens with one attached hydrogen (secondary N) is 1. The van der Waals surface area contributed by atoms with Crippen molar-refractivity contribution in [1.29, 1.82) is 0 Å². The molecule has 34 heavy (non-hydrogen) atoms. The van der Waals surface area contributed by atoms with E-state index in [4.69, 9.17) is 4.42 Å². The number of hydrogen-bond donors (Lipinski definition) is 1. The lowest BCUT2D eigenvalue weighted by molar-refractivity contribution is -0.133. The SMILES string of the molecule is CCCN(CC(=O)N(Cc1ccccc1)Cc1ccc(C)o1)C(=O)Nc1ccc(C(C)C)cc1. The molecule has 2 aromatic carbocycles. The van der Waals surface area contributed by atoms with Crippen LogP contribution < -0.4 is 5.32 Å². The Balaban J connectivity index is 1.71. The largest absolute Gasteiger partial charge is 0.464 e. The number of anilines is 1. The number of amides is 3. The Morgan fingerprint density at radius 2 is 1.62 bits per heavy atom. The highest BCUT2D eigenvalue weighted by molar-refractivity contribution is 5.92. The summed E-state index contributed by atoms with van der Waals surface area (Å²) in [4.78, 5) is 29.7. The number of hydrogen-bond acceptors (Lipinski definition) is 3. The van der Waals surface area contributed by atoms with Crippen LogP contribution in [0.5, 0.6) is 0 Å². The first-order valence-electron chi connectivity index (χ1n) is 11.9. The molecule has 0 atom stereocenters. The van der Waals surface area contributed by atoms with E-state index in [-0.39, 0.29) is 18.5 Å². The summed E-state index contributed by atoms with van der Waals surface area (Å²) < 4.78 is 5.72. The van der Waals surface area contributed by atoms with Crippen LogP contribution in [-0.2, 0) is 17.9 Å². The molecule has 0 aliphatic carbocycles. The van der Waals surface area contributed by atoms with Gasteiger partial charge in [0.25, 0.3) is 0 Å². The number of urea groups is 1. The highest BCUT2D eigenvalue weighted by atomic mass is 16.3. The van der Waals surface area contributed by atoms with Crippen LogP contribution in [0.3, 0.4) is 0 Å².